The Morgan fingerprint density at radius 1 is 1.33 bits per heavy atom. The number of carbonyl (C=O) groups is 1. The van der Waals surface area contributed by atoms with Gasteiger partial charge >= 0.3 is 0 Å². The lowest BCUT2D eigenvalue weighted by atomic mass is 10.1. The zero-order valence-corrected chi connectivity index (χ0v) is 9.41. The molecule has 0 heterocycles. The van der Waals surface area contributed by atoms with Crippen molar-refractivity contribution >= 4 is 31.0 Å². The van der Waals surface area contributed by atoms with E-state index < -0.39 is 0 Å². The molecule has 3 heteroatoms. The van der Waals surface area contributed by atoms with E-state index in [0.29, 0.717) is 11.0 Å². The number of unbranched alkanes of at least 4 members (excludes halogenated alkanes) is 1. The van der Waals surface area contributed by atoms with Crippen LogP contribution in [-0.2, 0) is 4.79 Å². The molecular formula is C9H18OS2. The molecule has 0 rings (SSSR count). The largest absolute Gasteiger partial charge is 0.300 e. The summed E-state index contributed by atoms with van der Waals surface area (Å²) in [7, 11) is 0. The molecule has 12 heavy (non-hydrogen) atoms. The van der Waals surface area contributed by atoms with Gasteiger partial charge in [0.2, 0.25) is 0 Å². The summed E-state index contributed by atoms with van der Waals surface area (Å²) in [6, 6.07) is 0. The minimum Gasteiger partial charge on any atom is -0.300 e. The molecule has 0 aliphatic rings. The highest BCUT2D eigenvalue weighted by atomic mass is 32.1. The van der Waals surface area contributed by atoms with Crippen molar-refractivity contribution in [3.05, 3.63) is 0 Å². The summed E-state index contributed by atoms with van der Waals surface area (Å²) in [6.07, 6.45) is 5.02. The fourth-order valence-electron chi connectivity index (χ4n) is 1.05. The van der Waals surface area contributed by atoms with Crippen LogP contribution in [0.15, 0.2) is 0 Å². The van der Waals surface area contributed by atoms with Crippen LogP contribution in [0.3, 0.4) is 0 Å². The number of ketones is 1. The molecule has 0 aromatic heterocycles. The number of Topliss-reactive ketones (excluding diaryl/α,β-unsaturated/α-hetero) is 1. The quantitative estimate of drug-likeness (QED) is 0.484. The topological polar surface area (TPSA) is 17.1 Å². The monoisotopic (exact) mass is 206 g/mol. The molecule has 0 saturated heterocycles. The molecular weight excluding hydrogens is 188 g/mol. The number of rotatable bonds is 7. The van der Waals surface area contributed by atoms with Crippen LogP contribution < -0.4 is 0 Å². The van der Waals surface area contributed by atoms with Crippen LogP contribution in [0.25, 0.3) is 0 Å². The highest BCUT2D eigenvalue weighted by Crippen LogP contribution is 2.12. The molecule has 1 unspecified atom stereocenters. The van der Waals surface area contributed by atoms with E-state index in [1.165, 1.54) is 0 Å². The second-order valence-corrected chi connectivity index (χ2v) is 4.29. The van der Waals surface area contributed by atoms with Crippen LogP contribution in [0.2, 0.25) is 0 Å². The van der Waals surface area contributed by atoms with E-state index in [4.69, 9.17) is 0 Å². The van der Waals surface area contributed by atoms with Crippen molar-refractivity contribution in [1.29, 1.82) is 0 Å². The SMILES string of the molecule is CC(=O)CCCCC(S)CCS. The first kappa shape index (κ1) is 12.4. The van der Waals surface area contributed by atoms with Crippen LogP contribution in [0.1, 0.15) is 39.0 Å². The van der Waals surface area contributed by atoms with Crippen molar-refractivity contribution in [3.8, 4) is 0 Å². The minimum absolute atomic E-state index is 0.292. The molecule has 72 valence electrons. The summed E-state index contributed by atoms with van der Waals surface area (Å²) in [5.41, 5.74) is 0. The normalized spacial score (nSPS) is 12.9. The van der Waals surface area contributed by atoms with Crippen molar-refractivity contribution < 1.29 is 4.79 Å². The molecule has 0 saturated carbocycles. The average Bonchev–Trinajstić information content (AvgIpc) is 1.98. The van der Waals surface area contributed by atoms with E-state index in [0.717, 1.165) is 37.9 Å². The van der Waals surface area contributed by atoms with Gasteiger partial charge in [-0.3, -0.25) is 0 Å². The molecule has 0 fully saturated rings. The number of carbonyl (C=O) groups excluding carboxylic acids is 1. The Balaban J connectivity index is 3.13. The minimum atomic E-state index is 0.292. The van der Waals surface area contributed by atoms with E-state index >= 15 is 0 Å². The van der Waals surface area contributed by atoms with E-state index in [1.54, 1.807) is 6.92 Å². The Labute approximate surface area is 86.1 Å². The van der Waals surface area contributed by atoms with Crippen molar-refractivity contribution in [3.63, 3.8) is 0 Å². The second-order valence-electron chi connectivity index (χ2n) is 3.11. The van der Waals surface area contributed by atoms with Gasteiger partial charge in [-0.05, 0) is 31.9 Å². The summed E-state index contributed by atoms with van der Waals surface area (Å²) < 4.78 is 0. The summed E-state index contributed by atoms with van der Waals surface area (Å²) in [5, 5.41) is 0.467. The summed E-state index contributed by atoms with van der Waals surface area (Å²) in [5.74, 6) is 1.20. The van der Waals surface area contributed by atoms with Gasteiger partial charge < -0.3 is 4.79 Å². The molecule has 0 aromatic carbocycles. The molecule has 0 aliphatic carbocycles. The van der Waals surface area contributed by atoms with Gasteiger partial charge in [-0.2, -0.15) is 25.3 Å². The second kappa shape index (κ2) is 7.99. The number of hydrogen-bond acceptors (Lipinski definition) is 3. The van der Waals surface area contributed by atoms with Gasteiger partial charge in [-0.25, -0.2) is 0 Å². The van der Waals surface area contributed by atoms with Crippen LogP contribution in [0.5, 0.6) is 0 Å². The van der Waals surface area contributed by atoms with E-state index in [9.17, 15) is 4.79 Å². The highest BCUT2D eigenvalue weighted by molar-refractivity contribution is 7.81. The van der Waals surface area contributed by atoms with Crippen molar-refractivity contribution in [1.82, 2.24) is 0 Å². The Bertz CT molecular complexity index is 126. The summed E-state index contributed by atoms with van der Waals surface area (Å²) >= 11 is 8.54. The Hall–Kier alpha value is 0.370. The zero-order chi connectivity index (χ0) is 9.40. The molecule has 0 aliphatic heterocycles. The predicted octanol–water partition coefficient (Wildman–Crippen LogP) is 2.75. The highest BCUT2D eigenvalue weighted by Gasteiger charge is 2.01. The van der Waals surface area contributed by atoms with Gasteiger partial charge in [-0.15, -0.1) is 0 Å². The van der Waals surface area contributed by atoms with Gasteiger partial charge in [0.25, 0.3) is 0 Å². The maximum atomic E-state index is 10.6. The molecule has 1 atom stereocenters. The van der Waals surface area contributed by atoms with Crippen LogP contribution >= 0.6 is 25.3 Å². The van der Waals surface area contributed by atoms with Crippen LogP contribution in [-0.4, -0.2) is 16.8 Å². The fraction of sp³-hybridized carbons (Fsp3) is 0.889. The van der Waals surface area contributed by atoms with E-state index in [1.807, 2.05) is 0 Å². The molecule has 0 N–H and O–H groups in total. The fourth-order valence-corrected chi connectivity index (χ4v) is 1.87. The Kier molecular flexibility index (Phi) is 8.24. The summed E-state index contributed by atoms with van der Waals surface area (Å²) in [6.45, 7) is 1.64. The molecule has 0 amide bonds. The lowest BCUT2D eigenvalue weighted by molar-refractivity contribution is -0.117. The van der Waals surface area contributed by atoms with E-state index in [-0.39, 0.29) is 0 Å². The maximum Gasteiger partial charge on any atom is 0.129 e. The summed E-state index contributed by atoms with van der Waals surface area (Å²) in [4.78, 5) is 10.6. The smallest absolute Gasteiger partial charge is 0.129 e. The first-order valence-corrected chi connectivity index (χ1v) is 5.60. The van der Waals surface area contributed by atoms with Crippen molar-refractivity contribution in [2.75, 3.05) is 5.75 Å². The molecule has 0 aromatic rings. The maximum absolute atomic E-state index is 10.6. The van der Waals surface area contributed by atoms with E-state index in [2.05, 4.69) is 25.3 Å². The third-order valence-electron chi connectivity index (χ3n) is 1.78. The van der Waals surface area contributed by atoms with Gasteiger partial charge in [-0.1, -0.05) is 6.42 Å². The first-order valence-electron chi connectivity index (χ1n) is 4.45. The van der Waals surface area contributed by atoms with Crippen LogP contribution in [0.4, 0.5) is 0 Å². The Morgan fingerprint density at radius 2 is 2.00 bits per heavy atom. The molecule has 0 bridgehead atoms. The lowest BCUT2D eigenvalue weighted by Gasteiger charge is -2.07. The zero-order valence-electron chi connectivity index (χ0n) is 7.62. The standard InChI is InChI=1S/C9H18OS2/c1-8(10)4-2-3-5-9(12)6-7-11/h9,11-12H,2-7H2,1H3. The van der Waals surface area contributed by atoms with Gasteiger partial charge in [0, 0.05) is 11.7 Å². The van der Waals surface area contributed by atoms with Gasteiger partial charge in [0.15, 0.2) is 0 Å². The number of thiol groups is 2. The number of hydrogen-bond donors (Lipinski definition) is 2. The third kappa shape index (κ3) is 8.47. The predicted molar refractivity (Wildman–Crippen MR) is 60.4 cm³/mol. The lowest BCUT2D eigenvalue weighted by Crippen LogP contribution is -2.00. The first-order chi connectivity index (χ1) is 5.66. The van der Waals surface area contributed by atoms with Crippen LogP contribution in [0, 0.1) is 0 Å². The average molecular weight is 206 g/mol. The van der Waals surface area contributed by atoms with Gasteiger partial charge in [0.05, 0.1) is 0 Å². The molecule has 0 spiro atoms. The van der Waals surface area contributed by atoms with Crippen molar-refractivity contribution in [2.24, 2.45) is 0 Å². The Morgan fingerprint density at radius 3 is 2.50 bits per heavy atom. The molecule has 1 nitrogen and oxygen atoms in total. The van der Waals surface area contributed by atoms with Gasteiger partial charge in [0.1, 0.15) is 5.78 Å². The third-order valence-corrected chi connectivity index (χ3v) is 2.55. The molecule has 0 radical (unpaired) electrons. The van der Waals surface area contributed by atoms with Crippen molar-refractivity contribution in [2.45, 2.75) is 44.3 Å².